The van der Waals surface area contributed by atoms with Crippen LogP contribution >= 0.6 is 23.1 Å². The second-order valence-corrected chi connectivity index (χ2v) is 6.48. The largest absolute Gasteiger partial charge is 0.478 e. The molecule has 8 heteroatoms. The number of carboxylic acids is 1. The zero-order valence-corrected chi connectivity index (χ0v) is 13.2. The van der Waals surface area contributed by atoms with Crippen LogP contribution in [0.25, 0.3) is 6.08 Å². The minimum atomic E-state index is -0.972. The van der Waals surface area contributed by atoms with E-state index in [-0.39, 0.29) is 11.7 Å². The van der Waals surface area contributed by atoms with Crippen LogP contribution in [0.2, 0.25) is 0 Å². The van der Waals surface area contributed by atoms with E-state index in [1.807, 2.05) is 25.3 Å². The standard InChI is InChI=1S/C13H15N3O3S2/c1-8(2)16-12(19)14-15-13(16)21-7-10-9(5-6-20-10)3-4-11(17)18/h3-6,8H,7H2,1-2H3,(H,14,19)(H,17,18). The lowest BCUT2D eigenvalue weighted by Gasteiger charge is -2.08. The molecule has 6 nitrogen and oxygen atoms in total. The van der Waals surface area contributed by atoms with Gasteiger partial charge >= 0.3 is 11.7 Å². The summed E-state index contributed by atoms with van der Waals surface area (Å²) < 4.78 is 1.60. The number of carboxylic acid groups (broad SMARTS) is 1. The summed E-state index contributed by atoms with van der Waals surface area (Å²) in [6, 6.07) is 1.91. The number of thiophene rings is 1. The molecule has 0 aliphatic carbocycles. The zero-order chi connectivity index (χ0) is 15.4. The van der Waals surface area contributed by atoms with Gasteiger partial charge in [-0.3, -0.25) is 4.57 Å². The highest BCUT2D eigenvalue weighted by Gasteiger charge is 2.13. The van der Waals surface area contributed by atoms with Crippen LogP contribution in [0.15, 0.2) is 27.5 Å². The van der Waals surface area contributed by atoms with Crippen LogP contribution in [0.1, 0.15) is 30.3 Å². The van der Waals surface area contributed by atoms with E-state index in [2.05, 4.69) is 10.2 Å². The number of hydrogen-bond acceptors (Lipinski definition) is 5. The van der Waals surface area contributed by atoms with Crippen molar-refractivity contribution in [2.45, 2.75) is 30.8 Å². The number of nitrogens with one attached hydrogen (secondary N) is 1. The predicted octanol–water partition coefficient (Wildman–Crippen LogP) is 2.60. The quantitative estimate of drug-likeness (QED) is 0.629. The first-order valence-corrected chi connectivity index (χ1v) is 8.12. The zero-order valence-electron chi connectivity index (χ0n) is 11.6. The molecule has 2 heterocycles. The van der Waals surface area contributed by atoms with Crippen molar-refractivity contribution >= 4 is 35.1 Å². The van der Waals surface area contributed by atoms with Crippen molar-refractivity contribution in [2.75, 3.05) is 0 Å². The molecule has 2 rings (SSSR count). The average Bonchev–Trinajstić information content (AvgIpc) is 3.00. The second-order valence-electron chi connectivity index (χ2n) is 4.53. The normalized spacial score (nSPS) is 11.6. The van der Waals surface area contributed by atoms with Crippen LogP contribution in [0.3, 0.4) is 0 Å². The van der Waals surface area contributed by atoms with Crippen molar-refractivity contribution in [2.24, 2.45) is 0 Å². The lowest BCUT2D eigenvalue weighted by atomic mass is 10.2. The number of rotatable bonds is 6. The van der Waals surface area contributed by atoms with Crippen LogP contribution in [-0.4, -0.2) is 25.8 Å². The van der Waals surface area contributed by atoms with Gasteiger partial charge in [-0.05, 0) is 36.9 Å². The Morgan fingerprint density at radius 1 is 1.62 bits per heavy atom. The van der Waals surface area contributed by atoms with Crippen LogP contribution in [-0.2, 0) is 10.5 Å². The molecular weight excluding hydrogens is 310 g/mol. The van der Waals surface area contributed by atoms with Gasteiger partial charge in [-0.1, -0.05) is 11.8 Å². The highest BCUT2D eigenvalue weighted by atomic mass is 32.2. The number of hydrogen-bond donors (Lipinski definition) is 2. The molecule has 0 unspecified atom stereocenters. The molecule has 2 aromatic rings. The van der Waals surface area contributed by atoms with Gasteiger partial charge in [-0.2, -0.15) is 0 Å². The lowest BCUT2D eigenvalue weighted by molar-refractivity contribution is -0.131. The number of H-pyrrole nitrogens is 1. The van der Waals surface area contributed by atoms with Crippen molar-refractivity contribution in [1.29, 1.82) is 0 Å². The van der Waals surface area contributed by atoms with E-state index in [4.69, 9.17) is 5.11 Å². The molecule has 0 amide bonds. The molecule has 0 atom stereocenters. The summed E-state index contributed by atoms with van der Waals surface area (Å²) in [4.78, 5) is 23.3. The van der Waals surface area contributed by atoms with Gasteiger partial charge in [-0.25, -0.2) is 14.7 Å². The molecule has 0 saturated heterocycles. The first-order chi connectivity index (χ1) is 9.99. The molecule has 21 heavy (non-hydrogen) atoms. The van der Waals surface area contributed by atoms with Gasteiger partial charge in [0.2, 0.25) is 0 Å². The number of aromatic amines is 1. The van der Waals surface area contributed by atoms with Gasteiger partial charge in [0.1, 0.15) is 0 Å². The Labute approximate surface area is 129 Å². The summed E-state index contributed by atoms with van der Waals surface area (Å²) in [5.74, 6) is -0.339. The second kappa shape index (κ2) is 6.77. The Bertz CT molecular complexity index is 712. The van der Waals surface area contributed by atoms with E-state index < -0.39 is 5.97 Å². The maximum absolute atomic E-state index is 11.6. The van der Waals surface area contributed by atoms with E-state index in [9.17, 15) is 9.59 Å². The average molecular weight is 325 g/mol. The van der Waals surface area contributed by atoms with E-state index in [1.54, 1.807) is 22.0 Å². The van der Waals surface area contributed by atoms with Crippen LogP contribution in [0, 0.1) is 0 Å². The van der Waals surface area contributed by atoms with E-state index in [1.165, 1.54) is 11.8 Å². The number of nitrogens with zero attached hydrogens (tertiary/aromatic N) is 2. The fraction of sp³-hybridized carbons (Fsp3) is 0.308. The summed E-state index contributed by atoms with van der Waals surface area (Å²) in [6.45, 7) is 3.85. The molecule has 0 spiro atoms. The molecule has 0 fully saturated rings. The maximum atomic E-state index is 11.6. The smallest absolute Gasteiger partial charge is 0.344 e. The summed E-state index contributed by atoms with van der Waals surface area (Å²) in [6.07, 6.45) is 2.70. The first-order valence-electron chi connectivity index (χ1n) is 6.26. The van der Waals surface area contributed by atoms with E-state index >= 15 is 0 Å². The third kappa shape index (κ3) is 3.85. The Morgan fingerprint density at radius 2 is 2.38 bits per heavy atom. The van der Waals surface area contributed by atoms with E-state index in [0.29, 0.717) is 10.9 Å². The van der Waals surface area contributed by atoms with Gasteiger partial charge in [0.05, 0.1) is 0 Å². The molecule has 0 saturated carbocycles. The maximum Gasteiger partial charge on any atom is 0.344 e. The minimum Gasteiger partial charge on any atom is -0.478 e. The number of aliphatic carboxylic acids is 1. The van der Waals surface area contributed by atoms with Crippen LogP contribution < -0.4 is 5.69 Å². The number of aromatic nitrogens is 3. The number of carbonyl (C=O) groups is 1. The van der Waals surface area contributed by atoms with Gasteiger partial charge in [0, 0.05) is 22.7 Å². The molecular formula is C13H15N3O3S2. The molecule has 0 aliphatic rings. The van der Waals surface area contributed by atoms with Gasteiger partial charge in [0.15, 0.2) is 5.16 Å². The highest BCUT2D eigenvalue weighted by Crippen LogP contribution is 2.27. The highest BCUT2D eigenvalue weighted by molar-refractivity contribution is 7.98. The van der Waals surface area contributed by atoms with Crippen LogP contribution in [0.4, 0.5) is 0 Å². The minimum absolute atomic E-state index is 0.0356. The third-order valence-electron chi connectivity index (χ3n) is 2.71. The van der Waals surface area contributed by atoms with Gasteiger partial charge in [0.25, 0.3) is 0 Å². The topological polar surface area (TPSA) is 88.0 Å². The predicted molar refractivity (Wildman–Crippen MR) is 83.8 cm³/mol. The molecule has 2 N–H and O–H groups in total. The van der Waals surface area contributed by atoms with Crippen molar-refractivity contribution in [3.8, 4) is 0 Å². The third-order valence-corrected chi connectivity index (χ3v) is 4.80. The fourth-order valence-electron chi connectivity index (χ4n) is 1.75. The van der Waals surface area contributed by atoms with Gasteiger partial charge in [-0.15, -0.1) is 16.4 Å². The van der Waals surface area contributed by atoms with Crippen molar-refractivity contribution in [3.63, 3.8) is 0 Å². The molecule has 0 aliphatic heterocycles. The Morgan fingerprint density at radius 3 is 3.05 bits per heavy atom. The van der Waals surface area contributed by atoms with Crippen molar-refractivity contribution in [1.82, 2.24) is 14.8 Å². The first kappa shape index (κ1) is 15.6. The summed E-state index contributed by atoms with van der Waals surface area (Å²) in [5, 5.41) is 17.7. The number of thioether (sulfide) groups is 1. The summed E-state index contributed by atoms with van der Waals surface area (Å²) in [7, 11) is 0. The Balaban J connectivity index is 2.13. The van der Waals surface area contributed by atoms with Crippen molar-refractivity contribution in [3.05, 3.63) is 38.4 Å². The molecule has 112 valence electrons. The summed E-state index contributed by atoms with van der Waals surface area (Å²) >= 11 is 3.00. The molecule has 0 radical (unpaired) electrons. The molecule has 0 bridgehead atoms. The SMILES string of the molecule is CC(C)n1c(SCc2sccc2C=CC(=O)O)n[nH]c1=O. The summed E-state index contributed by atoms with van der Waals surface area (Å²) in [5.41, 5.74) is 0.661. The molecule has 0 aromatic carbocycles. The Kier molecular flexibility index (Phi) is 5.03. The van der Waals surface area contributed by atoms with Crippen molar-refractivity contribution < 1.29 is 9.90 Å². The Hall–Kier alpha value is -1.80. The van der Waals surface area contributed by atoms with Gasteiger partial charge < -0.3 is 5.11 Å². The monoisotopic (exact) mass is 325 g/mol. The lowest BCUT2D eigenvalue weighted by Crippen LogP contribution is -2.19. The fourth-order valence-corrected chi connectivity index (χ4v) is 3.82. The molecule has 2 aromatic heterocycles. The van der Waals surface area contributed by atoms with E-state index in [0.717, 1.165) is 16.5 Å². The van der Waals surface area contributed by atoms with Crippen LogP contribution in [0.5, 0.6) is 0 Å².